The second kappa shape index (κ2) is 8.45. The molecular weight excluding hydrogens is 418 g/mol. The van der Waals surface area contributed by atoms with E-state index >= 15 is 0 Å². The summed E-state index contributed by atoms with van der Waals surface area (Å²) in [7, 11) is -2.60. The van der Waals surface area contributed by atoms with Crippen LogP contribution in [-0.2, 0) is 19.6 Å². The first-order valence-electron chi connectivity index (χ1n) is 9.22. The maximum atomic E-state index is 12.7. The smallest absolute Gasteiger partial charge is 0.363 e. The number of ether oxygens (including phenoxy) is 2. The van der Waals surface area contributed by atoms with Crippen molar-refractivity contribution in [3.63, 3.8) is 0 Å². The molecule has 3 aromatic rings. The first-order valence-corrected chi connectivity index (χ1v) is 10.6. The Morgan fingerprint density at radius 1 is 0.935 bits per heavy atom. The molecule has 1 aliphatic rings. The van der Waals surface area contributed by atoms with Gasteiger partial charge in [0.25, 0.3) is 0 Å². The van der Waals surface area contributed by atoms with Crippen molar-refractivity contribution in [3.8, 4) is 11.5 Å². The molecule has 1 heterocycles. The SMILES string of the molecule is COc1ccc(OS(=O)(=O)c2ccccc2)c(/C=C2/N=C(c3ccccc3)OC2=O)c1. The first kappa shape index (κ1) is 20.4. The van der Waals surface area contributed by atoms with Gasteiger partial charge in [0, 0.05) is 11.1 Å². The van der Waals surface area contributed by atoms with Crippen LogP contribution in [0.3, 0.4) is 0 Å². The molecular formula is C23H17NO6S. The number of nitrogens with zero attached hydrogens (tertiary/aromatic N) is 1. The van der Waals surface area contributed by atoms with Crippen LogP contribution >= 0.6 is 0 Å². The molecule has 0 radical (unpaired) electrons. The maximum Gasteiger partial charge on any atom is 0.363 e. The zero-order valence-corrected chi connectivity index (χ0v) is 17.2. The van der Waals surface area contributed by atoms with E-state index in [1.54, 1.807) is 54.6 Å². The molecule has 0 saturated carbocycles. The monoisotopic (exact) mass is 435 g/mol. The van der Waals surface area contributed by atoms with E-state index in [2.05, 4.69) is 4.99 Å². The Labute approximate surface area is 179 Å². The number of carbonyl (C=O) groups excluding carboxylic acids is 1. The van der Waals surface area contributed by atoms with Crippen LogP contribution in [0.15, 0.2) is 94.4 Å². The van der Waals surface area contributed by atoms with Crippen molar-refractivity contribution in [2.24, 2.45) is 4.99 Å². The highest BCUT2D eigenvalue weighted by molar-refractivity contribution is 7.87. The standard InChI is InChI=1S/C23H17NO6S/c1-28-18-12-13-21(30-31(26,27)19-10-6-3-7-11-19)17(14-18)15-20-23(25)29-22(24-20)16-8-4-2-5-9-16/h2-15H,1H3/b20-15+. The minimum Gasteiger partial charge on any atom is -0.497 e. The Morgan fingerprint density at radius 2 is 1.61 bits per heavy atom. The quantitative estimate of drug-likeness (QED) is 0.332. The average Bonchev–Trinajstić information content (AvgIpc) is 3.16. The van der Waals surface area contributed by atoms with Gasteiger partial charge in [-0.05, 0) is 48.5 Å². The molecule has 0 amide bonds. The largest absolute Gasteiger partial charge is 0.497 e. The van der Waals surface area contributed by atoms with Gasteiger partial charge in [0.2, 0.25) is 5.90 Å². The summed E-state index contributed by atoms with van der Waals surface area (Å²) in [5.41, 5.74) is 0.950. The predicted molar refractivity (Wildman–Crippen MR) is 114 cm³/mol. The minimum atomic E-state index is -4.08. The van der Waals surface area contributed by atoms with Crippen LogP contribution in [0.1, 0.15) is 11.1 Å². The van der Waals surface area contributed by atoms with Gasteiger partial charge in [0.15, 0.2) is 11.4 Å². The van der Waals surface area contributed by atoms with Crippen LogP contribution < -0.4 is 8.92 Å². The molecule has 31 heavy (non-hydrogen) atoms. The van der Waals surface area contributed by atoms with E-state index in [0.717, 1.165) is 0 Å². The normalized spacial score (nSPS) is 14.8. The van der Waals surface area contributed by atoms with Crippen molar-refractivity contribution in [1.29, 1.82) is 0 Å². The van der Waals surface area contributed by atoms with Crippen molar-refractivity contribution < 1.29 is 26.9 Å². The predicted octanol–water partition coefficient (Wildman–Crippen LogP) is 3.81. The van der Waals surface area contributed by atoms with Gasteiger partial charge in [-0.2, -0.15) is 8.42 Å². The number of hydrogen-bond acceptors (Lipinski definition) is 7. The molecule has 0 unspecified atom stereocenters. The van der Waals surface area contributed by atoms with Crippen LogP contribution in [0, 0.1) is 0 Å². The number of aliphatic imine (C=N–C) groups is 1. The Balaban J connectivity index is 1.73. The third kappa shape index (κ3) is 4.49. The topological polar surface area (TPSA) is 91.3 Å². The van der Waals surface area contributed by atoms with Crippen LogP contribution in [0.4, 0.5) is 0 Å². The Hall–Kier alpha value is -3.91. The van der Waals surface area contributed by atoms with E-state index in [-0.39, 0.29) is 22.2 Å². The summed E-state index contributed by atoms with van der Waals surface area (Å²) in [6, 6.07) is 21.3. The third-order valence-corrected chi connectivity index (χ3v) is 5.63. The molecule has 0 aliphatic carbocycles. The molecule has 0 aromatic heterocycles. The lowest BCUT2D eigenvalue weighted by molar-refractivity contribution is -0.129. The Kier molecular flexibility index (Phi) is 5.55. The van der Waals surface area contributed by atoms with E-state index in [0.29, 0.717) is 16.9 Å². The average molecular weight is 435 g/mol. The van der Waals surface area contributed by atoms with Crippen molar-refractivity contribution in [2.75, 3.05) is 7.11 Å². The van der Waals surface area contributed by atoms with Gasteiger partial charge < -0.3 is 13.7 Å². The van der Waals surface area contributed by atoms with E-state index in [1.165, 1.54) is 31.4 Å². The highest BCUT2D eigenvalue weighted by Crippen LogP contribution is 2.30. The van der Waals surface area contributed by atoms with Gasteiger partial charge in [-0.15, -0.1) is 0 Å². The summed E-state index contributed by atoms with van der Waals surface area (Å²) in [6.45, 7) is 0. The summed E-state index contributed by atoms with van der Waals surface area (Å²) in [5.74, 6) is -0.0130. The molecule has 156 valence electrons. The molecule has 8 heteroatoms. The molecule has 0 spiro atoms. The fourth-order valence-corrected chi connectivity index (χ4v) is 3.83. The van der Waals surface area contributed by atoms with Crippen LogP contribution in [0.25, 0.3) is 6.08 Å². The van der Waals surface area contributed by atoms with Gasteiger partial charge in [0.1, 0.15) is 10.6 Å². The molecule has 3 aromatic carbocycles. The van der Waals surface area contributed by atoms with E-state index in [1.807, 2.05) is 6.07 Å². The fourth-order valence-electron chi connectivity index (χ4n) is 2.86. The van der Waals surface area contributed by atoms with Crippen molar-refractivity contribution in [1.82, 2.24) is 0 Å². The van der Waals surface area contributed by atoms with Crippen molar-refractivity contribution >= 4 is 28.1 Å². The molecule has 1 aliphatic heterocycles. The van der Waals surface area contributed by atoms with Gasteiger partial charge in [-0.1, -0.05) is 36.4 Å². The van der Waals surface area contributed by atoms with E-state index in [9.17, 15) is 13.2 Å². The van der Waals surface area contributed by atoms with E-state index < -0.39 is 16.1 Å². The fraction of sp³-hybridized carbons (Fsp3) is 0.0435. The molecule has 0 N–H and O–H groups in total. The second-order valence-corrected chi connectivity index (χ2v) is 8.00. The molecule has 0 atom stereocenters. The van der Waals surface area contributed by atoms with E-state index in [4.69, 9.17) is 13.7 Å². The van der Waals surface area contributed by atoms with Crippen molar-refractivity contribution in [3.05, 3.63) is 95.7 Å². The highest BCUT2D eigenvalue weighted by Gasteiger charge is 2.25. The zero-order valence-electron chi connectivity index (χ0n) is 16.4. The van der Waals surface area contributed by atoms with Gasteiger partial charge in [0.05, 0.1) is 7.11 Å². The Bertz CT molecular complexity index is 1280. The van der Waals surface area contributed by atoms with Gasteiger partial charge in [-0.3, -0.25) is 0 Å². The van der Waals surface area contributed by atoms with Gasteiger partial charge in [-0.25, -0.2) is 9.79 Å². The zero-order chi connectivity index (χ0) is 21.8. The van der Waals surface area contributed by atoms with Crippen LogP contribution in [0.5, 0.6) is 11.5 Å². The maximum absolute atomic E-state index is 12.7. The lowest BCUT2D eigenvalue weighted by Crippen LogP contribution is -2.10. The summed E-state index contributed by atoms with van der Waals surface area (Å²) in [5, 5.41) is 0. The van der Waals surface area contributed by atoms with Crippen molar-refractivity contribution in [2.45, 2.75) is 4.90 Å². The third-order valence-electron chi connectivity index (χ3n) is 4.38. The number of methoxy groups -OCH3 is 1. The summed E-state index contributed by atoms with van der Waals surface area (Å²) < 4.78 is 41.1. The number of cyclic esters (lactones) is 1. The lowest BCUT2D eigenvalue weighted by atomic mass is 10.1. The van der Waals surface area contributed by atoms with Crippen LogP contribution in [0.2, 0.25) is 0 Å². The number of hydrogen-bond donors (Lipinski definition) is 0. The summed E-state index contributed by atoms with van der Waals surface area (Å²) in [6.07, 6.45) is 1.40. The molecule has 0 bridgehead atoms. The summed E-state index contributed by atoms with van der Waals surface area (Å²) >= 11 is 0. The number of benzene rings is 3. The minimum absolute atomic E-state index is 0.00839. The first-order chi connectivity index (χ1) is 15.0. The lowest BCUT2D eigenvalue weighted by Gasteiger charge is -2.11. The molecule has 0 saturated heterocycles. The number of carbonyl (C=O) groups is 1. The van der Waals surface area contributed by atoms with Crippen LogP contribution in [-0.4, -0.2) is 27.4 Å². The number of esters is 1. The molecule has 0 fully saturated rings. The molecule has 7 nitrogen and oxygen atoms in total. The number of rotatable bonds is 6. The summed E-state index contributed by atoms with van der Waals surface area (Å²) in [4.78, 5) is 16.6. The Morgan fingerprint density at radius 3 is 2.29 bits per heavy atom. The molecule has 4 rings (SSSR count). The second-order valence-electron chi connectivity index (χ2n) is 6.46. The highest BCUT2D eigenvalue weighted by atomic mass is 32.2. The van der Waals surface area contributed by atoms with Gasteiger partial charge >= 0.3 is 16.1 Å².